The first-order valence-electron chi connectivity index (χ1n) is 5.87. The van der Waals surface area contributed by atoms with E-state index in [1.54, 1.807) is 24.3 Å². The Morgan fingerprint density at radius 3 is 2.45 bits per heavy atom. The van der Waals surface area contributed by atoms with Crippen LogP contribution < -0.4 is 0 Å². The molecule has 106 valence electrons. The number of halogens is 2. The van der Waals surface area contributed by atoms with Gasteiger partial charge in [-0.1, -0.05) is 39.7 Å². The van der Waals surface area contributed by atoms with Crippen LogP contribution in [0, 0.1) is 0 Å². The molecule has 0 unspecified atom stereocenters. The highest BCUT2D eigenvalue weighted by molar-refractivity contribution is 9.10. The molecular formula is C14H12BrClO3S. The summed E-state index contributed by atoms with van der Waals surface area (Å²) in [6.45, 7) is 0.0821. The molecule has 0 radical (unpaired) electrons. The monoisotopic (exact) mass is 374 g/mol. The second-order valence-corrected chi connectivity index (χ2v) is 7.08. The Labute approximate surface area is 131 Å². The zero-order valence-corrected chi connectivity index (χ0v) is 13.6. The molecule has 0 spiro atoms. The minimum absolute atomic E-state index is 0.0821. The van der Waals surface area contributed by atoms with Crippen LogP contribution in [0.15, 0.2) is 57.9 Å². The third kappa shape index (κ3) is 4.31. The molecule has 0 bridgehead atoms. The van der Waals surface area contributed by atoms with Crippen molar-refractivity contribution < 1.29 is 12.6 Å². The van der Waals surface area contributed by atoms with Crippen LogP contribution in [-0.2, 0) is 20.7 Å². The van der Waals surface area contributed by atoms with Gasteiger partial charge in [0.25, 0.3) is 10.1 Å². The number of benzene rings is 2. The van der Waals surface area contributed by atoms with E-state index in [9.17, 15) is 8.42 Å². The maximum absolute atomic E-state index is 11.9. The number of hydrogen-bond donors (Lipinski definition) is 0. The van der Waals surface area contributed by atoms with Gasteiger partial charge in [-0.2, -0.15) is 8.42 Å². The predicted octanol–water partition coefficient (Wildman–Crippen LogP) is 4.05. The molecule has 2 aromatic carbocycles. The third-order valence-corrected chi connectivity index (χ3v) is 4.71. The fourth-order valence-corrected chi connectivity index (χ4v) is 3.02. The van der Waals surface area contributed by atoms with Crippen molar-refractivity contribution in [2.75, 3.05) is 6.61 Å². The Morgan fingerprint density at radius 1 is 1.10 bits per heavy atom. The topological polar surface area (TPSA) is 43.4 Å². The Kier molecular flexibility index (Phi) is 5.21. The summed E-state index contributed by atoms with van der Waals surface area (Å²) >= 11 is 9.11. The lowest BCUT2D eigenvalue weighted by Gasteiger charge is -2.06. The van der Waals surface area contributed by atoms with Gasteiger partial charge in [0.1, 0.15) is 0 Å². The van der Waals surface area contributed by atoms with Crippen molar-refractivity contribution in [3.63, 3.8) is 0 Å². The minimum atomic E-state index is -3.71. The van der Waals surface area contributed by atoms with E-state index in [-0.39, 0.29) is 11.5 Å². The van der Waals surface area contributed by atoms with Crippen LogP contribution in [0.2, 0.25) is 5.02 Å². The predicted molar refractivity (Wildman–Crippen MR) is 82.4 cm³/mol. The van der Waals surface area contributed by atoms with E-state index in [1.807, 2.05) is 12.1 Å². The SMILES string of the molecule is O=S(=O)(OCCc1cccc(Cl)c1)c1ccc(Br)cc1. The second kappa shape index (κ2) is 6.72. The summed E-state index contributed by atoms with van der Waals surface area (Å²) in [6, 6.07) is 13.6. The van der Waals surface area contributed by atoms with Crippen LogP contribution in [0.3, 0.4) is 0 Å². The Bertz CT molecular complexity index is 684. The lowest BCUT2D eigenvalue weighted by atomic mass is 10.2. The molecule has 2 aromatic rings. The van der Waals surface area contributed by atoms with Crippen molar-refractivity contribution in [1.29, 1.82) is 0 Å². The molecule has 0 aliphatic carbocycles. The summed E-state index contributed by atoms with van der Waals surface area (Å²) in [4.78, 5) is 0.145. The van der Waals surface area contributed by atoms with Gasteiger partial charge < -0.3 is 0 Å². The van der Waals surface area contributed by atoms with E-state index in [0.29, 0.717) is 11.4 Å². The zero-order chi connectivity index (χ0) is 14.6. The van der Waals surface area contributed by atoms with Crippen molar-refractivity contribution in [2.24, 2.45) is 0 Å². The van der Waals surface area contributed by atoms with Gasteiger partial charge in [0.2, 0.25) is 0 Å². The first kappa shape index (κ1) is 15.5. The van der Waals surface area contributed by atoms with Gasteiger partial charge in [-0.15, -0.1) is 0 Å². The highest BCUT2D eigenvalue weighted by atomic mass is 79.9. The normalized spacial score (nSPS) is 11.5. The van der Waals surface area contributed by atoms with E-state index in [2.05, 4.69) is 15.9 Å². The molecule has 0 saturated heterocycles. The highest BCUT2D eigenvalue weighted by Crippen LogP contribution is 2.17. The summed E-state index contributed by atoms with van der Waals surface area (Å²) in [5, 5.41) is 0.623. The number of rotatable bonds is 5. The molecule has 2 rings (SSSR count). The molecule has 0 amide bonds. The van der Waals surface area contributed by atoms with Crippen LogP contribution in [0.1, 0.15) is 5.56 Å². The van der Waals surface area contributed by atoms with Gasteiger partial charge in [-0.05, 0) is 48.4 Å². The number of hydrogen-bond acceptors (Lipinski definition) is 3. The maximum atomic E-state index is 11.9. The summed E-state index contributed by atoms with van der Waals surface area (Å²) in [5.74, 6) is 0. The van der Waals surface area contributed by atoms with Gasteiger partial charge in [0.15, 0.2) is 0 Å². The van der Waals surface area contributed by atoms with E-state index in [4.69, 9.17) is 15.8 Å². The third-order valence-electron chi connectivity index (χ3n) is 2.62. The van der Waals surface area contributed by atoms with Crippen molar-refractivity contribution in [2.45, 2.75) is 11.3 Å². The molecular weight excluding hydrogens is 364 g/mol. The molecule has 0 fully saturated rings. The van der Waals surface area contributed by atoms with Crippen LogP contribution in [0.5, 0.6) is 0 Å². The summed E-state index contributed by atoms with van der Waals surface area (Å²) in [6.07, 6.45) is 0.482. The maximum Gasteiger partial charge on any atom is 0.296 e. The van der Waals surface area contributed by atoms with Crippen LogP contribution >= 0.6 is 27.5 Å². The fourth-order valence-electron chi connectivity index (χ4n) is 1.63. The average molecular weight is 376 g/mol. The molecule has 0 heterocycles. The molecule has 0 aliphatic heterocycles. The lowest BCUT2D eigenvalue weighted by molar-refractivity contribution is 0.322. The van der Waals surface area contributed by atoms with Gasteiger partial charge in [-0.25, -0.2) is 0 Å². The van der Waals surface area contributed by atoms with Crippen molar-refractivity contribution in [3.05, 3.63) is 63.6 Å². The Morgan fingerprint density at radius 2 is 1.80 bits per heavy atom. The van der Waals surface area contributed by atoms with Gasteiger partial charge >= 0.3 is 0 Å². The lowest BCUT2D eigenvalue weighted by Crippen LogP contribution is -2.09. The second-order valence-electron chi connectivity index (χ2n) is 4.11. The first-order chi connectivity index (χ1) is 9.47. The first-order valence-corrected chi connectivity index (χ1v) is 8.45. The molecule has 0 aromatic heterocycles. The van der Waals surface area contributed by atoms with Crippen LogP contribution in [0.4, 0.5) is 0 Å². The fraction of sp³-hybridized carbons (Fsp3) is 0.143. The quantitative estimate of drug-likeness (QED) is 0.741. The zero-order valence-electron chi connectivity index (χ0n) is 10.4. The molecule has 0 atom stereocenters. The van der Waals surface area contributed by atoms with Gasteiger partial charge in [0, 0.05) is 9.50 Å². The Balaban J connectivity index is 1.98. The Hall–Kier alpha value is -0.880. The molecule has 0 aliphatic rings. The summed E-state index contributed by atoms with van der Waals surface area (Å²) in [7, 11) is -3.71. The van der Waals surface area contributed by atoms with Gasteiger partial charge in [0.05, 0.1) is 11.5 Å². The van der Waals surface area contributed by atoms with E-state index in [0.717, 1.165) is 10.0 Å². The van der Waals surface area contributed by atoms with Crippen LogP contribution in [-0.4, -0.2) is 15.0 Å². The van der Waals surface area contributed by atoms with Crippen molar-refractivity contribution in [1.82, 2.24) is 0 Å². The van der Waals surface area contributed by atoms with E-state index >= 15 is 0 Å². The molecule has 0 N–H and O–H groups in total. The van der Waals surface area contributed by atoms with E-state index < -0.39 is 10.1 Å². The van der Waals surface area contributed by atoms with Crippen LogP contribution in [0.25, 0.3) is 0 Å². The standard InChI is InChI=1S/C14H12BrClO3S/c15-12-4-6-14(7-5-12)20(17,18)19-9-8-11-2-1-3-13(16)10-11/h1-7,10H,8-9H2. The molecule has 0 saturated carbocycles. The van der Waals surface area contributed by atoms with Crippen molar-refractivity contribution in [3.8, 4) is 0 Å². The summed E-state index contributed by atoms with van der Waals surface area (Å²) < 4.78 is 29.7. The van der Waals surface area contributed by atoms with Gasteiger partial charge in [-0.3, -0.25) is 4.18 Å². The molecule has 3 nitrogen and oxygen atoms in total. The summed E-state index contributed by atoms with van der Waals surface area (Å²) in [5.41, 5.74) is 0.934. The smallest absolute Gasteiger partial charge is 0.266 e. The largest absolute Gasteiger partial charge is 0.296 e. The molecule has 6 heteroatoms. The van der Waals surface area contributed by atoms with Crippen molar-refractivity contribution >= 4 is 37.6 Å². The average Bonchev–Trinajstić information content (AvgIpc) is 2.39. The highest BCUT2D eigenvalue weighted by Gasteiger charge is 2.14. The molecule has 20 heavy (non-hydrogen) atoms. The minimum Gasteiger partial charge on any atom is -0.266 e. The van der Waals surface area contributed by atoms with E-state index in [1.165, 1.54) is 12.1 Å².